The molecular formula is C23H28N4O5. The minimum absolute atomic E-state index is 0.0102. The highest BCUT2D eigenvalue weighted by Gasteiger charge is 2.22. The van der Waals surface area contributed by atoms with E-state index >= 15 is 0 Å². The first kappa shape index (κ1) is 23.1. The van der Waals surface area contributed by atoms with Crippen LogP contribution in [0.25, 0.3) is 0 Å². The number of nitrogens with zero attached hydrogens (tertiary/aromatic N) is 3. The van der Waals surface area contributed by atoms with Crippen LogP contribution in [0.2, 0.25) is 0 Å². The van der Waals surface area contributed by atoms with Crippen LogP contribution >= 0.6 is 0 Å². The van der Waals surface area contributed by atoms with Crippen molar-refractivity contribution in [1.82, 2.24) is 9.80 Å². The predicted octanol–water partition coefficient (Wildman–Crippen LogP) is 1.86. The number of hydrogen-bond donors (Lipinski definition) is 2. The summed E-state index contributed by atoms with van der Waals surface area (Å²) in [6.07, 6.45) is 0. The van der Waals surface area contributed by atoms with E-state index in [1.54, 1.807) is 61.5 Å². The molecule has 1 aliphatic heterocycles. The SMILES string of the molecule is COc1ccccc1C(=O)Nc1ccc(N2CCN(CC(=O)N(C)C)CC2)cc1C(=O)O. The molecule has 2 N–H and O–H groups in total. The molecule has 0 atom stereocenters. The van der Waals surface area contributed by atoms with Gasteiger partial charge in [-0.05, 0) is 30.3 Å². The van der Waals surface area contributed by atoms with Crippen LogP contribution in [0.4, 0.5) is 11.4 Å². The van der Waals surface area contributed by atoms with Crippen LogP contribution in [0.3, 0.4) is 0 Å². The van der Waals surface area contributed by atoms with Gasteiger partial charge < -0.3 is 25.0 Å². The number of carbonyl (C=O) groups is 3. The summed E-state index contributed by atoms with van der Waals surface area (Å²) in [5.41, 5.74) is 1.30. The number of piperazine rings is 1. The van der Waals surface area contributed by atoms with Crippen LogP contribution < -0.4 is 15.0 Å². The standard InChI is InChI=1S/C23H28N4O5/c1-25(2)21(28)15-26-10-12-27(13-11-26)16-8-9-19(18(14-16)23(30)31)24-22(29)17-6-4-5-7-20(17)32-3/h4-9,14H,10-13,15H2,1-3H3,(H,24,29)(H,30,31). The predicted molar refractivity (Wildman–Crippen MR) is 122 cm³/mol. The molecule has 2 aromatic carbocycles. The van der Waals surface area contributed by atoms with Gasteiger partial charge in [0.15, 0.2) is 0 Å². The lowest BCUT2D eigenvalue weighted by molar-refractivity contribution is -0.129. The van der Waals surface area contributed by atoms with Gasteiger partial charge in [-0.2, -0.15) is 0 Å². The minimum Gasteiger partial charge on any atom is -0.496 e. The lowest BCUT2D eigenvalue weighted by Crippen LogP contribution is -2.49. The van der Waals surface area contributed by atoms with Gasteiger partial charge in [0, 0.05) is 46.0 Å². The molecule has 0 bridgehead atoms. The summed E-state index contributed by atoms with van der Waals surface area (Å²) in [7, 11) is 4.94. The normalized spacial score (nSPS) is 14.0. The molecule has 2 amide bonds. The molecule has 3 rings (SSSR count). The quantitative estimate of drug-likeness (QED) is 0.677. The number of methoxy groups -OCH3 is 1. The van der Waals surface area contributed by atoms with Crippen LogP contribution in [0.15, 0.2) is 42.5 Å². The third-order valence-corrected chi connectivity index (χ3v) is 5.43. The van der Waals surface area contributed by atoms with E-state index in [1.807, 2.05) is 0 Å². The van der Waals surface area contributed by atoms with Crippen LogP contribution in [0.1, 0.15) is 20.7 Å². The van der Waals surface area contributed by atoms with Crippen LogP contribution in [0.5, 0.6) is 5.75 Å². The van der Waals surface area contributed by atoms with Crippen molar-refractivity contribution in [1.29, 1.82) is 0 Å². The third-order valence-electron chi connectivity index (χ3n) is 5.43. The fourth-order valence-corrected chi connectivity index (χ4v) is 3.53. The molecule has 0 radical (unpaired) electrons. The van der Waals surface area contributed by atoms with E-state index in [-0.39, 0.29) is 17.2 Å². The zero-order valence-corrected chi connectivity index (χ0v) is 18.5. The molecule has 1 saturated heterocycles. The van der Waals surface area contributed by atoms with E-state index in [0.717, 1.165) is 5.69 Å². The lowest BCUT2D eigenvalue weighted by atomic mass is 10.1. The Labute approximate surface area is 187 Å². The summed E-state index contributed by atoms with van der Waals surface area (Å²) < 4.78 is 5.21. The van der Waals surface area contributed by atoms with Crippen molar-refractivity contribution in [3.8, 4) is 5.75 Å². The molecule has 0 saturated carbocycles. The summed E-state index contributed by atoms with van der Waals surface area (Å²) in [4.78, 5) is 42.2. The Morgan fingerprint density at radius 3 is 2.34 bits per heavy atom. The van der Waals surface area contributed by atoms with Crippen LogP contribution in [-0.2, 0) is 4.79 Å². The maximum atomic E-state index is 12.7. The first-order valence-corrected chi connectivity index (χ1v) is 10.3. The molecule has 32 heavy (non-hydrogen) atoms. The Balaban J connectivity index is 1.72. The minimum atomic E-state index is -1.13. The number of likely N-dealkylation sites (N-methyl/N-ethyl adjacent to an activating group) is 1. The Bertz CT molecular complexity index is 1000. The van der Waals surface area contributed by atoms with Crippen LogP contribution in [0, 0.1) is 0 Å². The number of carbonyl (C=O) groups excluding carboxylic acids is 2. The number of aromatic carboxylic acids is 1. The number of anilines is 2. The molecule has 170 valence electrons. The zero-order valence-electron chi connectivity index (χ0n) is 18.5. The van der Waals surface area contributed by atoms with E-state index in [1.165, 1.54) is 7.11 Å². The van der Waals surface area contributed by atoms with Crippen molar-refractivity contribution in [2.24, 2.45) is 0 Å². The number of amides is 2. The van der Waals surface area contributed by atoms with Gasteiger partial charge in [0.2, 0.25) is 5.91 Å². The first-order valence-electron chi connectivity index (χ1n) is 10.3. The summed E-state index contributed by atoms with van der Waals surface area (Å²) in [6, 6.07) is 11.7. The largest absolute Gasteiger partial charge is 0.496 e. The first-order chi connectivity index (χ1) is 15.3. The molecule has 9 nitrogen and oxygen atoms in total. The molecule has 1 heterocycles. The Hall–Kier alpha value is -3.59. The number of benzene rings is 2. The third kappa shape index (κ3) is 5.36. The highest BCUT2D eigenvalue weighted by molar-refractivity contribution is 6.09. The highest BCUT2D eigenvalue weighted by atomic mass is 16.5. The van der Waals surface area contributed by atoms with E-state index in [4.69, 9.17) is 4.74 Å². The number of carboxylic acids is 1. The van der Waals surface area contributed by atoms with Gasteiger partial charge in [0.1, 0.15) is 5.75 Å². The van der Waals surface area contributed by atoms with Crippen molar-refractivity contribution >= 4 is 29.2 Å². The summed E-state index contributed by atoms with van der Waals surface area (Å²) >= 11 is 0. The highest BCUT2D eigenvalue weighted by Crippen LogP contribution is 2.26. The van der Waals surface area contributed by atoms with Crippen molar-refractivity contribution in [3.63, 3.8) is 0 Å². The average molecular weight is 441 g/mol. The van der Waals surface area contributed by atoms with E-state index in [9.17, 15) is 19.5 Å². The second kappa shape index (κ2) is 10.1. The summed E-state index contributed by atoms with van der Waals surface area (Å²) in [5, 5.41) is 12.4. The van der Waals surface area contributed by atoms with Crippen LogP contribution in [-0.4, -0.2) is 86.6 Å². The fourth-order valence-electron chi connectivity index (χ4n) is 3.53. The van der Waals surface area contributed by atoms with Crippen molar-refractivity contribution in [2.45, 2.75) is 0 Å². The second-order valence-corrected chi connectivity index (χ2v) is 7.74. The molecule has 0 aliphatic carbocycles. The number of nitrogens with one attached hydrogen (secondary N) is 1. The maximum absolute atomic E-state index is 12.7. The van der Waals surface area contributed by atoms with Gasteiger partial charge in [-0.15, -0.1) is 0 Å². The van der Waals surface area contributed by atoms with E-state index in [2.05, 4.69) is 15.1 Å². The molecule has 1 aliphatic rings. The molecule has 0 unspecified atom stereocenters. The molecule has 1 fully saturated rings. The zero-order chi connectivity index (χ0) is 23.3. The molecule has 0 aromatic heterocycles. The van der Waals surface area contributed by atoms with E-state index in [0.29, 0.717) is 44.0 Å². The van der Waals surface area contributed by atoms with Gasteiger partial charge in [0.05, 0.1) is 30.5 Å². The Morgan fingerprint density at radius 2 is 1.72 bits per heavy atom. The van der Waals surface area contributed by atoms with Crippen molar-refractivity contribution in [3.05, 3.63) is 53.6 Å². The Morgan fingerprint density at radius 1 is 1.03 bits per heavy atom. The monoisotopic (exact) mass is 440 g/mol. The van der Waals surface area contributed by atoms with Crippen molar-refractivity contribution < 1.29 is 24.2 Å². The number of carboxylic acid groups (broad SMARTS) is 1. The van der Waals surface area contributed by atoms with E-state index < -0.39 is 11.9 Å². The lowest BCUT2D eigenvalue weighted by Gasteiger charge is -2.36. The van der Waals surface area contributed by atoms with Gasteiger partial charge in [0.25, 0.3) is 5.91 Å². The number of para-hydroxylation sites is 1. The average Bonchev–Trinajstić information content (AvgIpc) is 2.79. The van der Waals surface area contributed by atoms with Gasteiger partial charge in [-0.25, -0.2) is 4.79 Å². The van der Waals surface area contributed by atoms with Gasteiger partial charge in [-0.1, -0.05) is 12.1 Å². The van der Waals surface area contributed by atoms with Gasteiger partial charge in [-0.3, -0.25) is 14.5 Å². The second-order valence-electron chi connectivity index (χ2n) is 7.74. The number of rotatable bonds is 7. The molecule has 9 heteroatoms. The summed E-state index contributed by atoms with van der Waals surface area (Å²) in [6.45, 7) is 3.12. The number of hydrogen-bond acceptors (Lipinski definition) is 6. The summed E-state index contributed by atoms with van der Waals surface area (Å²) in [5.74, 6) is -1.11. The molecule has 2 aromatic rings. The fraction of sp³-hybridized carbons (Fsp3) is 0.348. The molecular weight excluding hydrogens is 412 g/mol. The van der Waals surface area contributed by atoms with Crippen molar-refractivity contribution in [2.75, 3.05) is 64.1 Å². The molecule has 0 spiro atoms. The van der Waals surface area contributed by atoms with Gasteiger partial charge >= 0.3 is 5.97 Å². The topological polar surface area (TPSA) is 102 Å². The number of ether oxygens (including phenoxy) is 1. The maximum Gasteiger partial charge on any atom is 0.337 e. The smallest absolute Gasteiger partial charge is 0.337 e. The Kier molecular flexibility index (Phi) is 7.32.